The quantitative estimate of drug-likeness (QED) is 0.550. The number of nitrogens with zero attached hydrogens (tertiary/aromatic N) is 6. The molecule has 12 heteroatoms. The minimum Gasteiger partial charge on any atom is -0.356 e. The van der Waals surface area contributed by atoms with Crippen LogP contribution in [0.15, 0.2) is 46.3 Å². The van der Waals surface area contributed by atoms with E-state index in [1.54, 1.807) is 29.3 Å². The summed E-state index contributed by atoms with van der Waals surface area (Å²) >= 11 is 0. The van der Waals surface area contributed by atoms with Gasteiger partial charge in [-0.2, -0.15) is 14.4 Å². The van der Waals surface area contributed by atoms with E-state index >= 15 is 0 Å². The van der Waals surface area contributed by atoms with Gasteiger partial charge in [0.05, 0.1) is 12.1 Å². The molecule has 0 radical (unpaired) electrons. The maximum atomic E-state index is 13.8. The van der Waals surface area contributed by atoms with Gasteiger partial charge >= 0.3 is 0 Å². The molecule has 1 aliphatic carbocycles. The average Bonchev–Trinajstić information content (AvgIpc) is 3.64. The topological polar surface area (TPSA) is 136 Å². The largest absolute Gasteiger partial charge is 0.356 e. The van der Waals surface area contributed by atoms with Gasteiger partial charge in [0.1, 0.15) is 4.90 Å². The molecule has 11 nitrogen and oxygen atoms in total. The number of hydrogen-bond acceptors (Lipinski definition) is 8. The molecule has 3 atom stereocenters. The van der Waals surface area contributed by atoms with Crippen LogP contribution in [0, 0.1) is 5.92 Å². The minimum absolute atomic E-state index is 0.124. The molecule has 0 bridgehead atoms. The second-order valence-electron chi connectivity index (χ2n) is 9.39. The van der Waals surface area contributed by atoms with Crippen LogP contribution in [0.3, 0.4) is 0 Å². The number of fused-ring (bicyclic) bond motifs is 1. The highest BCUT2D eigenvalue weighted by molar-refractivity contribution is 7.89. The number of nitrogens with one attached hydrogen (secondary N) is 1. The summed E-state index contributed by atoms with van der Waals surface area (Å²) in [6.45, 7) is 3.42. The molecule has 0 spiro atoms. The van der Waals surface area contributed by atoms with Gasteiger partial charge < -0.3 is 9.84 Å². The Morgan fingerprint density at radius 1 is 1.17 bits per heavy atom. The Hall–Kier alpha value is -3.12. The SMILES string of the molecule is CCn1cc(S(=O)(=O)N2CCCCCCNC(=O)[C@@H]3C[C@@H](c4nc(-c5cccnc5)no4)C[C@@H]32)cn1. The molecule has 1 N–H and O–H groups in total. The lowest BCUT2D eigenvalue weighted by molar-refractivity contribution is -0.125. The van der Waals surface area contributed by atoms with Crippen molar-refractivity contribution in [3.63, 3.8) is 0 Å². The molecule has 2 aliphatic rings. The molecule has 1 saturated carbocycles. The predicted octanol–water partition coefficient (Wildman–Crippen LogP) is 2.59. The van der Waals surface area contributed by atoms with Gasteiger partial charge in [-0.15, -0.1) is 0 Å². The number of carbonyl (C=O) groups is 1. The van der Waals surface area contributed by atoms with Crippen LogP contribution in [0.5, 0.6) is 0 Å². The number of pyridine rings is 1. The third-order valence-electron chi connectivity index (χ3n) is 7.09. The summed E-state index contributed by atoms with van der Waals surface area (Å²) in [5.41, 5.74) is 0.732. The second kappa shape index (κ2) is 10.5. The first-order valence-electron chi connectivity index (χ1n) is 12.5. The van der Waals surface area contributed by atoms with Crippen LogP contribution in [0.25, 0.3) is 11.4 Å². The van der Waals surface area contributed by atoms with E-state index in [1.165, 1.54) is 10.5 Å². The molecule has 1 aliphatic heterocycles. The van der Waals surface area contributed by atoms with Crippen LogP contribution >= 0.6 is 0 Å². The van der Waals surface area contributed by atoms with Crippen molar-refractivity contribution in [2.75, 3.05) is 13.1 Å². The van der Waals surface area contributed by atoms with E-state index in [1.807, 2.05) is 13.0 Å². The van der Waals surface area contributed by atoms with E-state index in [9.17, 15) is 13.2 Å². The summed E-state index contributed by atoms with van der Waals surface area (Å²) in [5.74, 6) is -0.0350. The van der Waals surface area contributed by atoms with E-state index < -0.39 is 22.0 Å². The fourth-order valence-electron chi connectivity index (χ4n) is 5.17. The van der Waals surface area contributed by atoms with E-state index in [-0.39, 0.29) is 16.7 Å². The number of amides is 1. The Labute approximate surface area is 210 Å². The van der Waals surface area contributed by atoms with Crippen LogP contribution in [0.1, 0.15) is 57.3 Å². The first kappa shape index (κ1) is 24.6. The van der Waals surface area contributed by atoms with E-state index in [2.05, 4.69) is 25.5 Å². The van der Waals surface area contributed by atoms with Crippen molar-refractivity contribution in [2.45, 2.75) is 68.8 Å². The molecular formula is C24H31N7O4S. The Morgan fingerprint density at radius 3 is 2.81 bits per heavy atom. The summed E-state index contributed by atoms with van der Waals surface area (Å²) in [6.07, 6.45) is 10.6. The number of carbonyl (C=O) groups excluding carboxylic acids is 1. The summed E-state index contributed by atoms with van der Waals surface area (Å²) < 4.78 is 36.4. The molecule has 2 fully saturated rings. The van der Waals surface area contributed by atoms with Crippen molar-refractivity contribution in [2.24, 2.45) is 5.92 Å². The predicted molar refractivity (Wildman–Crippen MR) is 130 cm³/mol. The third-order valence-corrected chi connectivity index (χ3v) is 8.97. The number of aromatic nitrogens is 5. The van der Waals surface area contributed by atoms with Gasteiger partial charge in [-0.25, -0.2) is 8.42 Å². The Kier molecular flexibility index (Phi) is 7.15. The van der Waals surface area contributed by atoms with Gasteiger partial charge in [0.25, 0.3) is 0 Å². The van der Waals surface area contributed by atoms with E-state index in [0.29, 0.717) is 44.2 Å². The molecule has 36 heavy (non-hydrogen) atoms. The average molecular weight is 514 g/mol. The molecule has 4 heterocycles. The molecular weight excluding hydrogens is 482 g/mol. The van der Waals surface area contributed by atoms with Crippen molar-refractivity contribution in [1.82, 2.24) is 34.5 Å². The van der Waals surface area contributed by atoms with Crippen LogP contribution in [0.2, 0.25) is 0 Å². The van der Waals surface area contributed by atoms with Gasteiger partial charge in [0, 0.05) is 55.7 Å². The van der Waals surface area contributed by atoms with Crippen molar-refractivity contribution >= 4 is 15.9 Å². The highest BCUT2D eigenvalue weighted by atomic mass is 32.2. The zero-order valence-corrected chi connectivity index (χ0v) is 21.1. The molecule has 3 aromatic rings. The first-order chi connectivity index (χ1) is 17.5. The van der Waals surface area contributed by atoms with Crippen LogP contribution < -0.4 is 5.32 Å². The second-order valence-corrected chi connectivity index (χ2v) is 11.3. The van der Waals surface area contributed by atoms with Crippen molar-refractivity contribution < 1.29 is 17.7 Å². The summed E-state index contributed by atoms with van der Waals surface area (Å²) in [6, 6.07) is 3.13. The Balaban J connectivity index is 1.47. The van der Waals surface area contributed by atoms with Gasteiger partial charge in [-0.05, 0) is 44.7 Å². The Morgan fingerprint density at radius 2 is 2.03 bits per heavy atom. The van der Waals surface area contributed by atoms with Crippen molar-refractivity contribution in [1.29, 1.82) is 0 Å². The molecule has 3 aromatic heterocycles. The number of hydrogen-bond donors (Lipinski definition) is 1. The van der Waals surface area contributed by atoms with Gasteiger partial charge in [-0.3, -0.25) is 14.5 Å². The molecule has 192 valence electrons. The molecule has 1 saturated heterocycles. The fraction of sp³-hybridized carbons (Fsp3) is 0.542. The van der Waals surface area contributed by atoms with Gasteiger partial charge in [-0.1, -0.05) is 18.0 Å². The molecule has 5 rings (SSSR count). The summed E-state index contributed by atoms with van der Waals surface area (Å²) in [5, 5.41) is 11.3. The third kappa shape index (κ3) is 4.92. The zero-order chi connectivity index (χ0) is 25.1. The molecule has 0 unspecified atom stereocenters. The molecule has 0 aromatic carbocycles. The maximum Gasteiger partial charge on any atom is 0.246 e. The lowest BCUT2D eigenvalue weighted by atomic mass is 10.0. The zero-order valence-electron chi connectivity index (χ0n) is 20.3. The highest BCUT2D eigenvalue weighted by Gasteiger charge is 2.47. The van der Waals surface area contributed by atoms with Crippen molar-refractivity contribution in [3.05, 3.63) is 42.8 Å². The van der Waals surface area contributed by atoms with Crippen LogP contribution in [-0.2, 0) is 21.4 Å². The van der Waals surface area contributed by atoms with Crippen LogP contribution in [0.4, 0.5) is 0 Å². The fourth-order valence-corrected chi connectivity index (χ4v) is 6.83. The summed E-state index contributed by atoms with van der Waals surface area (Å²) in [7, 11) is -3.86. The Bertz CT molecular complexity index is 1290. The lowest BCUT2D eigenvalue weighted by Gasteiger charge is -2.31. The monoisotopic (exact) mass is 513 g/mol. The van der Waals surface area contributed by atoms with Crippen molar-refractivity contribution in [3.8, 4) is 11.4 Å². The van der Waals surface area contributed by atoms with E-state index in [4.69, 9.17) is 4.52 Å². The van der Waals surface area contributed by atoms with E-state index in [0.717, 1.165) is 31.2 Å². The van der Waals surface area contributed by atoms with Gasteiger partial charge in [0.15, 0.2) is 0 Å². The summed E-state index contributed by atoms with van der Waals surface area (Å²) in [4.78, 5) is 22.1. The normalized spacial score (nSPS) is 24.1. The maximum absolute atomic E-state index is 13.8. The molecule has 1 amide bonds. The highest BCUT2D eigenvalue weighted by Crippen LogP contribution is 2.43. The lowest BCUT2D eigenvalue weighted by Crippen LogP contribution is -2.47. The number of rotatable bonds is 5. The standard InChI is InChI=1S/C24H31N7O4S/c1-2-30-16-19(15-27-30)36(33,34)31-11-6-4-3-5-10-26-23(32)20-12-18(13-21(20)31)24-28-22(29-35-24)17-8-7-9-25-14-17/h7-9,14-16,18,20-21H,2-6,10-13H2,1H3,(H,26,32)/t18-,20-,21+/m1/s1. The number of sulfonamides is 1. The number of aryl methyl sites for hydroxylation is 1. The van der Waals surface area contributed by atoms with Gasteiger partial charge in [0.2, 0.25) is 27.6 Å². The van der Waals surface area contributed by atoms with Crippen LogP contribution in [-0.4, -0.2) is 62.7 Å². The minimum atomic E-state index is -3.86. The first-order valence-corrected chi connectivity index (χ1v) is 14.0. The smallest absolute Gasteiger partial charge is 0.246 e.